The first-order valence-electron chi connectivity index (χ1n) is 5.01. The molecule has 0 radical (unpaired) electrons. The molecule has 1 aromatic rings. The van der Waals surface area contributed by atoms with Crippen LogP contribution in [0, 0.1) is 11.7 Å². The number of halogens is 1. The Morgan fingerprint density at radius 2 is 2.20 bits per heavy atom. The van der Waals surface area contributed by atoms with E-state index in [1.807, 2.05) is 0 Å². The molecule has 2 unspecified atom stereocenters. The molecule has 0 aliphatic heterocycles. The molecule has 3 N–H and O–H groups in total. The Balaban J connectivity index is 2.22. The fourth-order valence-electron chi connectivity index (χ4n) is 1.58. The summed E-state index contributed by atoms with van der Waals surface area (Å²) < 4.78 is 18.5. The molecule has 1 saturated carbocycles. The molecule has 3 nitrogen and oxygen atoms in total. The molecule has 15 heavy (non-hydrogen) atoms. The minimum absolute atomic E-state index is 0.324. The van der Waals surface area contributed by atoms with Crippen molar-refractivity contribution in [1.29, 1.82) is 0 Å². The highest BCUT2D eigenvalue weighted by Gasteiger charge is 2.33. The standard InChI is InChI=1S/C11H15FN2O/c1-6-3-9(6)14-10-5-11(15-2)8(13)4-7(10)12/h4-6,9,14H,3,13H2,1-2H3. The molecule has 1 aliphatic rings. The van der Waals surface area contributed by atoms with E-state index in [0.717, 1.165) is 6.42 Å². The second-order valence-corrected chi connectivity index (χ2v) is 4.04. The van der Waals surface area contributed by atoms with Crippen LogP contribution in [0.25, 0.3) is 0 Å². The summed E-state index contributed by atoms with van der Waals surface area (Å²) in [5, 5.41) is 3.13. The molecular formula is C11H15FN2O. The van der Waals surface area contributed by atoms with Gasteiger partial charge in [0.2, 0.25) is 0 Å². The number of nitrogens with one attached hydrogen (secondary N) is 1. The SMILES string of the molecule is COc1cc(NC2CC2C)c(F)cc1N. The number of nitrogen functional groups attached to an aromatic ring is 1. The van der Waals surface area contributed by atoms with Crippen molar-refractivity contribution in [2.75, 3.05) is 18.2 Å². The summed E-state index contributed by atoms with van der Waals surface area (Å²) in [6.07, 6.45) is 1.09. The van der Waals surface area contributed by atoms with Gasteiger partial charge in [-0.05, 0) is 12.3 Å². The lowest BCUT2D eigenvalue weighted by atomic mass is 10.2. The smallest absolute Gasteiger partial charge is 0.148 e. The van der Waals surface area contributed by atoms with Gasteiger partial charge in [-0.1, -0.05) is 6.92 Å². The van der Waals surface area contributed by atoms with Crippen molar-refractivity contribution >= 4 is 11.4 Å². The lowest BCUT2D eigenvalue weighted by Crippen LogP contribution is -2.06. The van der Waals surface area contributed by atoms with E-state index < -0.39 is 0 Å². The van der Waals surface area contributed by atoms with Crippen molar-refractivity contribution < 1.29 is 9.13 Å². The lowest BCUT2D eigenvalue weighted by molar-refractivity contribution is 0.416. The normalized spacial score (nSPS) is 23.7. The third-order valence-electron chi connectivity index (χ3n) is 2.77. The summed E-state index contributed by atoms with van der Waals surface area (Å²) in [4.78, 5) is 0. The van der Waals surface area contributed by atoms with Gasteiger partial charge < -0.3 is 15.8 Å². The minimum Gasteiger partial charge on any atom is -0.495 e. The van der Waals surface area contributed by atoms with Crippen LogP contribution in [0.3, 0.4) is 0 Å². The van der Waals surface area contributed by atoms with Gasteiger partial charge in [0.1, 0.15) is 11.6 Å². The van der Waals surface area contributed by atoms with E-state index in [0.29, 0.717) is 29.1 Å². The quantitative estimate of drug-likeness (QED) is 0.752. The molecule has 2 atom stereocenters. The van der Waals surface area contributed by atoms with Crippen molar-refractivity contribution in [3.63, 3.8) is 0 Å². The van der Waals surface area contributed by atoms with Crippen LogP contribution in [0.2, 0.25) is 0 Å². The minimum atomic E-state index is -0.326. The summed E-state index contributed by atoms with van der Waals surface area (Å²) >= 11 is 0. The largest absolute Gasteiger partial charge is 0.495 e. The van der Waals surface area contributed by atoms with E-state index in [1.165, 1.54) is 13.2 Å². The maximum absolute atomic E-state index is 13.5. The van der Waals surface area contributed by atoms with E-state index in [2.05, 4.69) is 12.2 Å². The highest BCUT2D eigenvalue weighted by atomic mass is 19.1. The second kappa shape index (κ2) is 3.61. The Morgan fingerprint density at radius 1 is 1.53 bits per heavy atom. The Morgan fingerprint density at radius 3 is 2.73 bits per heavy atom. The molecule has 2 rings (SSSR count). The number of methoxy groups -OCH3 is 1. The van der Waals surface area contributed by atoms with Crippen LogP contribution < -0.4 is 15.8 Å². The fraction of sp³-hybridized carbons (Fsp3) is 0.455. The third kappa shape index (κ3) is 1.98. The van der Waals surface area contributed by atoms with Crippen molar-refractivity contribution in [3.8, 4) is 5.75 Å². The predicted octanol–water partition coefficient (Wildman–Crippen LogP) is 2.24. The van der Waals surface area contributed by atoms with Crippen LogP contribution >= 0.6 is 0 Å². The van der Waals surface area contributed by atoms with Crippen LogP contribution in [0.5, 0.6) is 5.75 Å². The summed E-state index contributed by atoms with van der Waals surface area (Å²) in [5.41, 5.74) is 6.37. The summed E-state index contributed by atoms with van der Waals surface area (Å²) in [6.45, 7) is 2.13. The first-order valence-corrected chi connectivity index (χ1v) is 5.01. The number of hydrogen-bond donors (Lipinski definition) is 2. The van der Waals surface area contributed by atoms with Gasteiger partial charge in [-0.15, -0.1) is 0 Å². The molecule has 1 aliphatic carbocycles. The fourth-order valence-corrected chi connectivity index (χ4v) is 1.58. The van der Waals surface area contributed by atoms with Crippen molar-refractivity contribution in [2.24, 2.45) is 5.92 Å². The Bertz CT molecular complexity index is 381. The van der Waals surface area contributed by atoms with Gasteiger partial charge in [0.15, 0.2) is 0 Å². The lowest BCUT2D eigenvalue weighted by Gasteiger charge is -2.10. The first kappa shape index (κ1) is 10.1. The molecule has 0 saturated heterocycles. The second-order valence-electron chi connectivity index (χ2n) is 4.04. The number of nitrogens with two attached hydrogens (primary N) is 1. The Hall–Kier alpha value is -1.45. The zero-order chi connectivity index (χ0) is 11.0. The van der Waals surface area contributed by atoms with Gasteiger partial charge in [-0.2, -0.15) is 0 Å². The third-order valence-corrected chi connectivity index (χ3v) is 2.77. The van der Waals surface area contributed by atoms with Gasteiger partial charge >= 0.3 is 0 Å². The zero-order valence-electron chi connectivity index (χ0n) is 8.88. The highest BCUT2D eigenvalue weighted by Crippen LogP contribution is 2.35. The van der Waals surface area contributed by atoms with Gasteiger partial charge in [-0.3, -0.25) is 0 Å². The summed E-state index contributed by atoms with van der Waals surface area (Å²) in [7, 11) is 1.52. The number of rotatable bonds is 3. The van der Waals surface area contributed by atoms with E-state index in [4.69, 9.17) is 10.5 Å². The maximum Gasteiger partial charge on any atom is 0.148 e. The first-order chi connectivity index (χ1) is 7.11. The number of anilines is 2. The van der Waals surface area contributed by atoms with E-state index >= 15 is 0 Å². The number of benzene rings is 1. The van der Waals surface area contributed by atoms with E-state index in [1.54, 1.807) is 6.07 Å². The van der Waals surface area contributed by atoms with Gasteiger partial charge in [0, 0.05) is 18.2 Å². The zero-order valence-corrected chi connectivity index (χ0v) is 8.88. The molecule has 4 heteroatoms. The van der Waals surface area contributed by atoms with Crippen LogP contribution in [-0.2, 0) is 0 Å². The van der Waals surface area contributed by atoms with Gasteiger partial charge in [0.25, 0.3) is 0 Å². The van der Waals surface area contributed by atoms with E-state index in [-0.39, 0.29) is 5.82 Å². The Labute approximate surface area is 88.4 Å². The average molecular weight is 210 g/mol. The highest BCUT2D eigenvalue weighted by molar-refractivity contribution is 5.62. The van der Waals surface area contributed by atoms with Crippen molar-refractivity contribution in [1.82, 2.24) is 0 Å². The molecule has 0 bridgehead atoms. The predicted molar refractivity (Wildman–Crippen MR) is 58.6 cm³/mol. The maximum atomic E-state index is 13.5. The van der Waals surface area contributed by atoms with Crippen LogP contribution in [0.15, 0.2) is 12.1 Å². The molecule has 1 fully saturated rings. The van der Waals surface area contributed by atoms with Gasteiger partial charge in [-0.25, -0.2) is 4.39 Å². The van der Waals surface area contributed by atoms with Crippen molar-refractivity contribution in [3.05, 3.63) is 17.9 Å². The molecule has 0 heterocycles. The van der Waals surface area contributed by atoms with Crippen LogP contribution in [0.4, 0.5) is 15.8 Å². The monoisotopic (exact) mass is 210 g/mol. The summed E-state index contributed by atoms with van der Waals surface area (Å²) in [5.74, 6) is 0.799. The Kier molecular flexibility index (Phi) is 2.42. The van der Waals surface area contributed by atoms with Crippen LogP contribution in [0.1, 0.15) is 13.3 Å². The van der Waals surface area contributed by atoms with Gasteiger partial charge in [0.05, 0.1) is 18.5 Å². The molecule has 82 valence electrons. The average Bonchev–Trinajstić information content (AvgIpc) is 2.87. The molecular weight excluding hydrogens is 195 g/mol. The van der Waals surface area contributed by atoms with Crippen LogP contribution in [-0.4, -0.2) is 13.2 Å². The molecule has 0 spiro atoms. The van der Waals surface area contributed by atoms with Crippen molar-refractivity contribution in [2.45, 2.75) is 19.4 Å². The van der Waals surface area contributed by atoms with E-state index in [9.17, 15) is 4.39 Å². The summed E-state index contributed by atoms with van der Waals surface area (Å²) in [6, 6.07) is 3.28. The molecule has 0 aromatic heterocycles. The number of hydrogen-bond acceptors (Lipinski definition) is 3. The molecule has 0 amide bonds. The topological polar surface area (TPSA) is 47.3 Å². The molecule has 1 aromatic carbocycles. The number of ether oxygens (including phenoxy) is 1.